The Kier molecular flexibility index (Phi) is 10.7. The molecule has 2 saturated heterocycles. The maximum Gasteiger partial charge on any atom is 0.331 e. The molecule has 3 aliphatic rings. The lowest BCUT2D eigenvalue weighted by Gasteiger charge is -2.26. The first-order valence-electron chi connectivity index (χ1n) is 11.6. The summed E-state index contributed by atoms with van der Waals surface area (Å²) in [5.74, 6) is -3.87. The van der Waals surface area contributed by atoms with Crippen molar-refractivity contribution < 1.29 is 42.2 Å². The summed E-state index contributed by atoms with van der Waals surface area (Å²) < 4.78 is 44.1. The third kappa shape index (κ3) is 8.04. The van der Waals surface area contributed by atoms with E-state index in [2.05, 4.69) is 4.74 Å². The number of ether oxygens (including phenoxy) is 1. The number of nitrogens with two attached hydrogens (primary N) is 1. The number of fused-ring (bicyclic) bond motifs is 1. The third-order valence-electron chi connectivity index (χ3n) is 6.46. The zero-order chi connectivity index (χ0) is 26.4. The van der Waals surface area contributed by atoms with Crippen LogP contribution in [0.3, 0.4) is 0 Å². The van der Waals surface area contributed by atoms with Crippen molar-refractivity contribution in [3.8, 4) is 0 Å². The van der Waals surface area contributed by atoms with Gasteiger partial charge in [0, 0.05) is 50.0 Å². The first-order chi connectivity index (χ1) is 17.1. The highest BCUT2D eigenvalue weighted by atomic mass is 19.2. The first-order valence-corrected chi connectivity index (χ1v) is 11.6. The molecule has 4 rings (SSSR count). The highest BCUT2D eigenvalue weighted by Crippen LogP contribution is 2.37. The molecule has 0 spiro atoms. The number of carboxylic acids is 1. The van der Waals surface area contributed by atoms with E-state index in [1.165, 1.54) is 0 Å². The number of nitrogens with zero attached hydrogens (tertiary/aromatic N) is 2. The Balaban J connectivity index is 0.000000467. The third-order valence-corrected chi connectivity index (χ3v) is 6.46. The maximum absolute atomic E-state index is 13.8. The number of benzene rings is 1. The van der Waals surface area contributed by atoms with Gasteiger partial charge < -0.3 is 25.4 Å². The number of likely N-dealkylation sites (tertiary alicyclic amines) is 2. The molecule has 2 aliphatic heterocycles. The fourth-order valence-corrected chi connectivity index (χ4v) is 4.59. The van der Waals surface area contributed by atoms with Gasteiger partial charge in [-0.1, -0.05) is 7.43 Å². The molecule has 1 saturated carbocycles. The number of carbonyl (C=O) groups excluding carboxylic acids is 3. The van der Waals surface area contributed by atoms with E-state index in [1.807, 2.05) is 4.90 Å². The molecule has 9 nitrogen and oxygen atoms in total. The number of aliphatic carboxylic acids is 1. The molecule has 0 aromatic heterocycles. The Bertz CT molecular complexity index is 1030. The topological polar surface area (TPSA) is 130 Å². The highest BCUT2D eigenvalue weighted by Gasteiger charge is 2.46. The fraction of sp³-hybridized carbons (Fsp3) is 0.520. The smallest absolute Gasteiger partial charge is 0.331 e. The van der Waals surface area contributed by atoms with E-state index < -0.39 is 29.5 Å². The average molecular weight is 528 g/mol. The zero-order valence-corrected chi connectivity index (χ0v) is 19.4. The normalized spacial score (nSPS) is 21.0. The second-order valence-electron chi connectivity index (χ2n) is 9.12. The van der Waals surface area contributed by atoms with Crippen molar-refractivity contribution in [2.45, 2.75) is 51.6 Å². The van der Waals surface area contributed by atoms with Crippen LogP contribution in [0.2, 0.25) is 0 Å². The van der Waals surface area contributed by atoms with E-state index in [1.54, 1.807) is 4.90 Å². The van der Waals surface area contributed by atoms with E-state index in [9.17, 15) is 32.3 Å². The van der Waals surface area contributed by atoms with Gasteiger partial charge in [-0.25, -0.2) is 18.0 Å². The molecule has 37 heavy (non-hydrogen) atoms. The molecular weight excluding hydrogens is 495 g/mol. The second kappa shape index (κ2) is 13.2. The molecule has 1 aromatic carbocycles. The minimum atomic E-state index is -1.25. The number of hydrogen-bond acceptors (Lipinski definition) is 6. The van der Waals surface area contributed by atoms with E-state index >= 15 is 0 Å². The van der Waals surface area contributed by atoms with Crippen LogP contribution in [-0.2, 0) is 30.3 Å². The first kappa shape index (κ1) is 29.8. The molecule has 0 radical (unpaired) electrons. The van der Waals surface area contributed by atoms with E-state index in [4.69, 9.17) is 10.8 Å². The zero-order valence-electron chi connectivity index (χ0n) is 19.4. The molecule has 3 N–H and O–H groups in total. The van der Waals surface area contributed by atoms with Gasteiger partial charge in [0.1, 0.15) is 12.1 Å². The Morgan fingerprint density at radius 3 is 2.41 bits per heavy atom. The van der Waals surface area contributed by atoms with Crippen LogP contribution in [0.4, 0.5) is 13.2 Å². The molecule has 1 aromatic rings. The van der Waals surface area contributed by atoms with Crippen molar-refractivity contribution in [1.29, 1.82) is 0 Å². The summed E-state index contributed by atoms with van der Waals surface area (Å²) in [6.07, 6.45) is 4.23. The maximum atomic E-state index is 13.8. The van der Waals surface area contributed by atoms with Gasteiger partial charge in [0.05, 0.1) is 12.1 Å². The lowest BCUT2D eigenvalue weighted by molar-refractivity contribution is -0.135. The lowest BCUT2D eigenvalue weighted by Crippen LogP contribution is -2.43. The minimum absolute atomic E-state index is 0. The van der Waals surface area contributed by atoms with Crippen molar-refractivity contribution in [2.24, 2.45) is 17.6 Å². The number of amides is 2. The quantitative estimate of drug-likeness (QED) is 0.229. The van der Waals surface area contributed by atoms with Crippen LogP contribution in [0.5, 0.6) is 0 Å². The van der Waals surface area contributed by atoms with Crippen molar-refractivity contribution in [3.63, 3.8) is 0 Å². The van der Waals surface area contributed by atoms with Crippen LogP contribution >= 0.6 is 0 Å². The molecule has 3 atom stereocenters. The average Bonchev–Trinajstić information content (AvgIpc) is 3.45. The molecule has 204 valence electrons. The molecule has 3 fully saturated rings. The van der Waals surface area contributed by atoms with Gasteiger partial charge in [-0.15, -0.1) is 0 Å². The molecule has 0 bridgehead atoms. The molecule has 1 aliphatic carbocycles. The summed E-state index contributed by atoms with van der Waals surface area (Å²) in [5.41, 5.74) is 5.96. The molecule has 2 amide bonds. The number of rotatable bonds is 8. The van der Waals surface area contributed by atoms with Gasteiger partial charge in [0.25, 0.3) is 6.47 Å². The van der Waals surface area contributed by atoms with E-state index in [0.29, 0.717) is 37.7 Å². The van der Waals surface area contributed by atoms with Gasteiger partial charge in [-0.3, -0.25) is 14.4 Å². The summed E-state index contributed by atoms with van der Waals surface area (Å²) in [6.45, 7) is 2.04. The van der Waals surface area contributed by atoms with Crippen molar-refractivity contribution >= 4 is 24.3 Å². The summed E-state index contributed by atoms with van der Waals surface area (Å²) in [4.78, 5) is 47.6. The second-order valence-corrected chi connectivity index (χ2v) is 9.12. The van der Waals surface area contributed by atoms with Crippen molar-refractivity contribution in [1.82, 2.24) is 9.80 Å². The van der Waals surface area contributed by atoms with Gasteiger partial charge in [0.15, 0.2) is 11.6 Å². The van der Waals surface area contributed by atoms with Crippen molar-refractivity contribution in [2.75, 3.05) is 19.6 Å². The number of hydrogen-bond donors (Lipinski definition) is 2. The molecule has 0 unspecified atom stereocenters. The molecule has 12 heteroatoms. The van der Waals surface area contributed by atoms with Gasteiger partial charge in [0.2, 0.25) is 11.8 Å². The largest absolute Gasteiger partial charge is 0.478 e. The van der Waals surface area contributed by atoms with Crippen LogP contribution in [0.15, 0.2) is 24.5 Å². The standard InChI is InChI=1S/C20H24F3N3O2.C4H4O4.CH4/c21-15-8-17(23)16(22)6-13(15)5-14(24)7-19(27)26-4-3-12-9-25(10-18(12)26)20(28)11-1-2-11;5-3-8-2-1-4(6)7;/h6,8,11-12,14,18H,1-5,7,9-10,24H2;1-3H,(H,6,7);1H4/b;2-1+;/t12-,14+,18+;;/m0../s1. The van der Waals surface area contributed by atoms with Gasteiger partial charge in [-0.2, -0.15) is 0 Å². The van der Waals surface area contributed by atoms with Gasteiger partial charge in [-0.05, 0) is 37.3 Å². The van der Waals surface area contributed by atoms with Crippen LogP contribution in [-0.4, -0.2) is 70.9 Å². The Morgan fingerprint density at radius 2 is 1.78 bits per heavy atom. The van der Waals surface area contributed by atoms with Crippen LogP contribution in [0.1, 0.15) is 38.7 Å². The fourth-order valence-electron chi connectivity index (χ4n) is 4.59. The highest BCUT2D eigenvalue weighted by molar-refractivity contribution is 5.82. The van der Waals surface area contributed by atoms with E-state index in [0.717, 1.165) is 31.6 Å². The lowest BCUT2D eigenvalue weighted by atomic mass is 10.0. The summed E-state index contributed by atoms with van der Waals surface area (Å²) in [6, 6.07) is 0.604. The number of carboxylic acid groups (broad SMARTS) is 1. The minimum Gasteiger partial charge on any atom is -0.478 e. The summed E-state index contributed by atoms with van der Waals surface area (Å²) in [5, 5.41) is 7.86. The number of halogens is 3. The predicted molar refractivity (Wildman–Crippen MR) is 126 cm³/mol. The molecule has 2 heterocycles. The van der Waals surface area contributed by atoms with Crippen molar-refractivity contribution in [3.05, 3.63) is 47.5 Å². The summed E-state index contributed by atoms with van der Waals surface area (Å²) in [7, 11) is 0. The van der Waals surface area contributed by atoms with Crippen LogP contribution in [0, 0.1) is 29.3 Å². The Labute approximate surface area is 213 Å². The Morgan fingerprint density at radius 1 is 1.11 bits per heavy atom. The van der Waals surface area contributed by atoms with Crippen LogP contribution in [0.25, 0.3) is 0 Å². The van der Waals surface area contributed by atoms with Crippen LogP contribution < -0.4 is 5.73 Å². The molecular formula is C25H32F3N3O6. The predicted octanol–water partition coefficient (Wildman–Crippen LogP) is 2.23. The Hall–Kier alpha value is -3.41. The SMILES string of the molecule is C.N[C@@H](CC(=O)N1CC[C@H]2CN(C(=O)C3CC3)C[C@H]21)Cc1cc(F)c(F)cc1F.O=CO/C=C/C(=O)O. The van der Waals surface area contributed by atoms with E-state index in [-0.39, 0.29) is 56.1 Å². The van der Waals surface area contributed by atoms with Gasteiger partial charge >= 0.3 is 5.97 Å². The number of carbonyl (C=O) groups is 4. The summed E-state index contributed by atoms with van der Waals surface area (Å²) >= 11 is 0. The monoisotopic (exact) mass is 527 g/mol.